The maximum atomic E-state index is 13.4. The number of ether oxygens (including phenoxy) is 1. The van der Waals surface area contributed by atoms with E-state index in [-0.39, 0.29) is 48.4 Å². The van der Waals surface area contributed by atoms with E-state index in [0.717, 1.165) is 0 Å². The number of amides is 2. The lowest BCUT2D eigenvalue weighted by atomic mass is 10.1. The number of hydrogen-bond donors (Lipinski definition) is 1. The summed E-state index contributed by atoms with van der Waals surface area (Å²) in [4.78, 5) is 46.0. The molecule has 2 aliphatic rings. The average molecular weight is 621 g/mol. The van der Waals surface area contributed by atoms with Crippen molar-refractivity contribution >= 4 is 45.0 Å². The Kier molecular flexibility index (Phi) is 8.25. The molecule has 1 atom stereocenters. The Morgan fingerprint density at radius 2 is 1.73 bits per heavy atom. The summed E-state index contributed by atoms with van der Waals surface area (Å²) in [5.74, 6) is -1.70. The standard InChI is InChI=1S/C27H26Cl2N4O7S/c28-19-8-4-9-20(29)18(19)16-40-27(37)32-11-5-10-21(32)24-30-25(35)23(34)22-26(36)31(12-13-33(22)24)14-15-41(38,39)17-6-2-1-3-7-17/h1-4,6-9,21,34H,5,10-16H2. The molecule has 14 heteroatoms. The second-order valence-corrected chi connectivity index (χ2v) is 12.6. The van der Waals surface area contributed by atoms with Gasteiger partial charge in [0.15, 0.2) is 15.5 Å². The minimum absolute atomic E-state index is 0.120. The minimum Gasteiger partial charge on any atom is -0.501 e. The number of nitrogens with zero attached hydrogens (tertiary/aromatic N) is 4. The van der Waals surface area contributed by atoms with Gasteiger partial charge in [-0.15, -0.1) is 0 Å². The van der Waals surface area contributed by atoms with E-state index in [1.54, 1.807) is 36.4 Å². The number of hydrogen-bond acceptors (Lipinski definition) is 8. The van der Waals surface area contributed by atoms with Gasteiger partial charge < -0.3 is 19.3 Å². The van der Waals surface area contributed by atoms with Crippen LogP contribution in [-0.2, 0) is 27.7 Å². The Morgan fingerprint density at radius 1 is 1.02 bits per heavy atom. The van der Waals surface area contributed by atoms with Gasteiger partial charge in [-0.3, -0.25) is 14.5 Å². The Morgan fingerprint density at radius 3 is 2.44 bits per heavy atom. The van der Waals surface area contributed by atoms with Crippen LogP contribution in [0.15, 0.2) is 58.2 Å². The van der Waals surface area contributed by atoms with Crippen molar-refractivity contribution in [1.82, 2.24) is 19.4 Å². The third kappa shape index (κ3) is 5.77. The van der Waals surface area contributed by atoms with Gasteiger partial charge in [0.25, 0.3) is 5.91 Å². The monoisotopic (exact) mass is 620 g/mol. The number of sulfone groups is 1. The van der Waals surface area contributed by atoms with E-state index >= 15 is 0 Å². The van der Waals surface area contributed by atoms with Crippen LogP contribution in [0.4, 0.5) is 4.79 Å². The predicted molar refractivity (Wildman–Crippen MR) is 150 cm³/mol. The Hall–Kier alpha value is -3.61. The highest BCUT2D eigenvalue weighted by molar-refractivity contribution is 7.91. The topological polar surface area (TPSA) is 139 Å². The van der Waals surface area contributed by atoms with Gasteiger partial charge in [-0.1, -0.05) is 47.5 Å². The molecule has 2 aromatic carbocycles. The molecule has 1 aromatic heterocycles. The molecule has 0 bridgehead atoms. The zero-order valence-corrected chi connectivity index (χ0v) is 24.0. The largest absolute Gasteiger partial charge is 0.501 e. The van der Waals surface area contributed by atoms with Crippen molar-refractivity contribution in [1.29, 1.82) is 0 Å². The van der Waals surface area contributed by atoms with Crippen molar-refractivity contribution in [2.45, 2.75) is 36.9 Å². The first kappa shape index (κ1) is 28.9. The predicted octanol–water partition coefficient (Wildman–Crippen LogP) is 3.66. The number of carbonyl (C=O) groups excluding carboxylic acids is 2. The van der Waals surface area contributed by atoms with Crippen LogP contribution in [0.25, 0.3) is 0 Å². The molecule has 2 aliphatic heterocycles. The molecular formula is C27H26Cl2N4O7S. The van der Waals surface area contributed by atoms with Crippen LogP contribution in [0.2, 0.25) is 10.0 Å². The highest BCUT2D eigenvalue weighted by Crippen LogP contribution is 2.34. The Bertz CT molecular complexity index is 1640. The van der Waals surface area contributed by atoms with Crippen molar-refractivity contribution in [2.24, 2.45) is 0 Å². The summed E-state index contributed by atoms with van der Waals surface area (Å²) < 4.78 is 32.4. The fourth-order valence-corrected chi connectivity index (χ4v) is 6.84. The molecule has 2 amide bonds. The third-order valence-electron chi connectivity index (χ3n) is 7.19. The van der Waals surface area contributed by atoms with Gasteiger partial charge in [0.1, 0.15) is 12.4 Å². The molecule has 1 unspecified atom stereocenters. The zero-order chi connectivity index (χ0) is 29.3. The van der Waals surface area contributed by atoms with Crippen molar-refractivity contribution < 1.29 is 27.9 Å². The average Bonchev–Trinajstić information content (AvgIpc) is 3.44. The van der Waals surface area contributed by atoms with Crippen LogP contribution in [0.1, 0.15) is 40.8 Å². The van der Waals surface area contributed by atoms with Gasteiger partial charge in [-0.05, 0) is 37.1 Å². The normalized spacial score (nSPS) is 17.0. The fourth-order valence-electron chi connectivity index (χ4n) is 5.06. The van der Waals surface area contributed by atoms with Crippen molar-refractivity contribution in [3.63, 3.8) is 0 Å². The van der Waals surface area contributed by atoms with Crippen LogP contribution in [-0.4, -0.2) is 70.3 Å². The van der Waals surface area contributed by atoms with Crippen LogP contribution in [0, 0.1) is 0 Å². The highest BCUT2D eigenvalue weighted by Gasteiger charge is 2.38. The first-order chi connectivity index (χ1) is 19.6. The van der Waals surface area contributed by atoms with E-state index in [1.807, 2.05) is 0 Å². The maximum absolute atomic E-state index is 13.4. The summed E-state index contributed by atoms with van der Waals surface area (Å²) in [7, 11) is -3.66. The summed E-state index contributed by atoms with van der Waals surface area (Å²) in [5, 5.41) is 11.3. The summed E-state index contributed by atoms with van der Waals surface area (Å²) in [6.07, 6.45) is 0.372. The zero-order valence-electron chi connectivity index (χ0n) is 21.7. The van der Waals surface area contributed by atoms with Gasteiger partial charge in [0.2, 0.25) is 5.75 Å². The van der Waals surface area contributed by atoms with Gasteiger partial charge in [-0.2, -0.15) is 4.98 Å². The quantitative estimate of drug-likeness (QED) is 0.422. The molecule has 0 spiro atoms. The molecule has 3 heterocycles. The van der Waals surface area contributed by atoms with Gasteiger partial charge in [-0.25, -0.2) is 13.2 Å². The lowest BCUT2D eigenvalue weighted by molar-refractivity contribution is 0.0697. The number of fused-ring (bicyclic) bond motifs is 1. The van der Waals surface area contributed by atoms with Crippen molar-refractivity contribution in [3.05, 3.63) is 86.0 Å². The summed E-state index contributed by atoms with van der Waals surface area (Å²) in [5.41, 5.74) is -0.843. The molecule has 1 fully saturated rings. The van der Waals surface area contributed by atoms with E-state index in [1.165, 1.54) is 26.5 Å². The summed E-state index contributed by atoms with van der Waals surface area (Å²) in [6, 6.07) is 12.1. The number of rotatable bonds is 7. The molecule has 0 saturated carbocycles. The Balaban J connectivity index is 1.36. The maximum Gasteiger partial charge on any atom is 0.410 e. The summed E-state index contributed by atoms with van der Waals surface area (Å²) >= 11 is 12.4. The molecule has 1 N–H and O–H groups in total. The molecule has 3 aromatic rings. The smallest absolute Gasteiger partial charge is 0.410 e. The number of benzene rings is 2. The molecule has 5 rings (SSSR count). The number of halogens is 2. The van der Waals surface area contributed by atoms with E-state index in [2.05, 4.69) is 4.98 Å². The fraction of sp³-hybridized carbons (Fsp3) is 0.333. The third-order valence-corrected chi connectivity index (χ3v) is 9.61. The van der Waals surface area contributed by atoms with Crippen LogP contribution < -0.4 is 5.56 Å². The number of carbonyl (C=O) groups is 2. The number of likely N-dealkylation sites (tertiary alicyclic amines) is 1. The SMILES string of the molecule is O=C1c2c(O)c(=O)nc(C3CCCN3C(=O)OCc3c(Cl)cccc3Cl)n2CCN1CCS(=O)(=O)c1ccccc1. The lowest BCUT2D eigenvalue weighted by Gasteiger charge is -2.33. The molecule has 1 saturated heterocycles. The molecular weight excluding hydrogens is 595 g/mol. The molecule has 11 nitrogen and oxygen atoms in total. The van der Waals surface area contributed by atoms with E-state index in [9.17, 15) is 27.9 Å². The first-order valence-corrected chi connectivity index (χ1v) is 15.3. The lowest BCUT2D eigenvalue weighted by Crippen LogP contribution is -2.46. The second kappa shape index (κ2) is 11.7. The van der Waals surface area contributed by atoms with Crippen LogP contribution in [0.3, 0.4) is 0 Å². The molecule has 0 aliphatic carbocycles. The van der Waals surface area contributed by atoms with E-state index < -0.39 is 39.2 Å². The first-order valence-electron chi connectivity index (χ1n) is 12.9. The van der Waals surface area contributed by atoms with Crippen molar-refractivity contribution in [2.75, 3.05) is 25.4 Å². The highest BCUT2D eigenvalue weighted by atomic mass is 35.5. The van der Waals surface area contributed by atoms with Crippen molar-refractivity contribution in [3.8, 4) is 5.75 Å². The van der Waals surface area contributed by atoms with Crippen LogP contribution >= 0.6 is 23.2 Å². The van der Waals surface area contributed by atoms with E-state index in [0.29, 0.717) is 35.0 Å². The molecule has 41 heavy (non-hydrogen) atoms. The second-order valence-electron chi connectivity index (χ2n) is 9.65. The summed E-state index contributed by atoms with van der Waals surface area (Å²) in [6.45, 7) is 0.282. The van der Waals surface area contributed by atoms with Gasteiger partial charge in [0.05, 0.1) is 16.7 Å². The van der Waals surface area contributed by atoms with E-state index in [4.69, 9.17) is 27.9 Å². The molecule has 0 radical (unpaired) electrons. The van der Waals surface area contributed by atoms with Gasteiger partial charge in [0, 0.05) is 41.8 Å². The minimum atomic E-state index is -3.66. The number of aromatic nitrogens is 2. The van der Waals surface area contributed by atoms with Crippen LogP contribution in [0.5, 0.6) is 5.75 Å². The number of aromatic hydroxyl groups is 1. The Labute approximate surface area is 245 Å². The molecule has 216 valence electrons. The van der Waals surface area contributed by atoms with Gasteiger partial charge >= 0.3 is 11.7 Å².